The van der Waals surface area contributed by atoms with E-state index in [0.717, 1.165) is 0 Å². The number of carboxylic acid groups (broad SMARTS) is 1. The van der Waals surface area contributed by atoms with Crippen LogP contribution in [0.4, 0.5) is 14.9 Å². The highest BCUT2D eigenvalue weighted by Gasteiger charge is 2.25. The van der Waals surface area contributed by atoms with Gasteiger partial charge in [0.15, 0.2) is 0 Å². The second kappa shape index (κ2) is 7.23. The van der Waals surface area contributed by atoms with E-state index in [1.165, 1.54) is 12.1 Å². The number of hydrogen-bond acceptors (Lipinski definition) is 2. The molecule has 0 spiro atoms. The Hall–Kier alpha value is -1.63. The first-order chi connectivity index (χ1) is 9.35. The van der Waals surface area contributed by atoms with E-state index in [1.807, 2.05) is 6.92 Å². The predicted molar refractivity (Wildman–Crippen MR) is 77.1 cm³/mol. The van der Waals surface area contributed by atoms with Gasteiger partial charge in [0, 0.05) is 4.47 Å². The van der Waals surface area contributed by atoms with Gasteiger partial charge in [-0.15, -0.1) is 0 Å². The van der Waals surface area contributed by atoms with Crippen LogP contribution in [0, 0.1) is 11.7 Å². The van der Waals surface area contributed by atoms with Gasteiger partial charge in [0.05, 0.1) is 5.69 Å². The van der Waals surface area contributed by atoms with Crippen LogP contribution in [0.1, 0.15) is 20.3 Å². The molecule has 3 N–H and O–H groups in total. The van der Waals surface area contributed by atoms with E-state index in [-0.39, 0.29) is 11.6 Å². The maximum Gasteiger partial charge on any atom is 0.326 e. The highest BCUT2D eigenvalue weighted by Crippen LogP contribution is 2.19. The molecule has 0 aliphatic carbocycles. The second-order valence-corrected chi connectivity index (χ2v) is 5.34. The average molecular weight is 347 g/mol. The van der Waals surface area contributed by atoms with Crippen molar-refractivity contribution < 1.29 is 19.1 Å². The van der Waals surface area contributed by atoms with Crippen molar-refractivity contribution in [1.82, 2.24) is 5.32 Å². The van der Waals surface area contributed by atoms with Gasteiger partial charge in [-0.3, -0.25) is 0 Å². The van der Waals surface area contributed by atoms with Crippen LogP contribution in [-0.2, 0) is 4.79 Å². The topological polar surface area (TPSA) is 78.4 Å². The number of aliphatic carboxylic acids is 1. The first-order valence-electron chi connectivity index (χ1n) is 6.10. The molecule has 0 saturated carbocycles. The first kappa shape index (κ1) is 16.4. The number of halogens is 2. The van der Waals surface area contributed by atoms with Crippen molar-refractivity contribution in [1.29, 1.82) is 0 Å². The van der Waals surface area contributed by atoms with Crippen molar-refractivity contribution in [3.63, 3.8) is 0 Å². The summed E-state index contributed by atoms with van der Waals surface area (Å²) in [5, 5.41) is 13.7. The normalized spacial score (nSPS) is 13.4. The van der Waals surface area contributed by atoms with E-state index in [9.17, 15) is 14.0 Å². The SMILES string of the molecule is CCC(C)C(NC(=O)Nc1ccc(Br)cc1F)C(=O)O. The fourth-order valence-electron chi connectivity index (χ4n) is 1.57. The van der Waals surface area contributed by atoms with Crippen molar-refractivity contribution in [3.8, 4) is 0 Å². The summed E-state index contributed by atoms with van der Waals surface area (Å²) in [5.41, 5.74) is -0.0148. The standard InChI is InChI=1S/C13H16BrFN2O3/c1-3-7(2)11(12(18)19)17-13(20)16-10-5-4-8(14)6-9(10)15/h4-7,11H,3H2,1-2H3,(H,18,19)(H2,16,17,20). The number of hydrogen-bond donors (Lipinski definition) is 3. The molecule has 1 aromatic rings. The van der Waals surface area contributed by atoms with Crippen LogP contribution in [0.5, 0.6) is 0 Å². The molecule has 0 saturated heterocycles. The van der Waals surface area contributed by atoms with Crippen molar-refractivity contribution >= 4 is 33.6 Å². The minimum Gasteiger partial charge on any atom is -0.480 e. The number of carbonyl (C=O) groups is 2. The van der Waals surface area contributed by atoms with E-state index in [1.54, 1.807) is 13.0 Å². The molecule has 2 amide bonds. The van der Waals surface area contributed by atoms with Gasteiger partial charge in [0.1, 0.15) is 11.9 Å². The molecule has 0 fully saturated rings. The van der Waals surface area contributed by atoms with Crippen LogP contribution in [0.2, 0.25) is 0 Å². The van der Waals surface area contributed by atoms with Gasteiger partial charge in [-0.05, 0) is 24.1 Å². The number of carboxylic acids is 1. The summed E-state index contributed by atoms with van der Waals surface area (Å²) in [6.45, 7) is 3.55. The van der Waals surface area contributed by atoms with Gasteiger partial charge < -0.3 is 15.7 Å². The van der Waals surface area contributed by atoms with Crippen molar-refractivity contribution in [3.05, 3.63) is 28.5 Å². The lowest BCUT2D eigenvalue weighted by Crippen LogP contribution is -2.46. The summed E-state index contributed by atoms with van der Waals surface area (Å²) in [4.78, 5) is 22.8. The lowest BCUT2D eigenvalue weighted by molar-refractivity contribution is -0.140. The van der Waals surface area contributed by atoms with E-state index in [4.69, 9.17) is 5.11 Å². The number of benzene rings is 1. The van der Waals surface area contributed by atoms with E-state index >= 15 is 0 Å². The summed E-state index contributed by atoms with van der Waals surface area (Å²) in [6.07, 6.45) is 0.601. The Morgan fingerprint density at radius 1 is 1.45 bits per heavy atom. The summed E-state index contributed by atoms with van der Waals surface area (Å²) in [5.74, 6) is -1.95. The summed E-state index contributed by atoms with van der Waals surface area (Å²) in [6, 6.07) is 2.40. The quantitative estimate of drug-likeness (QED) is 0.765. The molecule has 0 aliphatic heterocycles. The lowest BCUT2D eigenvalue weighted by atomic mass is 9.99. The molecule has 2 unspecified atom stereocenters. The predicted octanol–water partition coefficient (Wildman–Crippen LogP) is 3.21. The van der Waals surface area contributed by atoms with Gasteiger partial charge in [-0.2, -0.15) is 0 Å². The fourth-order valence-corrected chi connectivity index (χ4v) is 1.91. The third-order valence-corrected chi connectivity index (χ3v) is 3.44. The number of anilines is 1. The van der Waals surface area contributed by atoms with Gasteiger partial charge in [-0.1, -0.05) is 36.2 Å². The molecule has 0 radical (unpaired) electrons. The number of urea groups is 1. The smallest absolute Gasteiger partial charge is 0.326 e. The summed E-state index contributed by atoms with van der Waals surface area (Å²) >= 11 is 3.10. The molecular formula is C13H16BrFN2O3. The lowest BCUT2D eigenvalue weighted by Gasteiger charge is -2.20. The van der Waals surface area contributed by atoms with E-state index < -0.39 is 23.9 Å². The van der Waals surface area contributed by atoms with Crippen LogP contribution in [-0.4, -0.2) is 23.1 Å². The Kier molecular flexibility index (Phi) is 5.94. The molecule has 1 aromatic carbocycles. The molecule has 7 heteroatoms. The molecule has 0 aromatic heterocycles. The number of rotatable bonds is 5. The van der Waals surface area contributed by atoms with Gasteiger partial charge >= 0.3 is 12.0 Å². The van der Waals surface area contributed by atoms with Crippen molar-refractivity contribution in [2.24, 2.45) is 5.92 Å². The van der Waals surface area contributed by atoms with Crippen LogP contribution in [0.25, 0.3) is 0 Å². The van der Waals surface area contributed by atoms with Crippen LogP contribution in [0.15, 0.2) is 22.7 Å². The molecule has 0 bridgehead atoms. The molecule has 0 heterocycles. The molecule has 2 atom stereocenters. The average Bonchev–Trinajstić information content (AvgIpc) is 2.38. The first-order valence-corrected chi connectivity index (χ1v) is 6.89. The number of amides is 2. The molecule has 5 nitrogen and oxygen atoms in total. The Bertz CT molecular complexity index is 510. The maximum atomic E-state index is 13.5. The third-order valence-electron chi connectivity index (χ3n) is 2.94. The zero-order valence-electron chi connectivity index (χ0n) is 11.1. The molecular weight excluding hydrogens is 331 g/mol. The third kappa shape index (κ3) is 4.48. The van der Waals surface area contributed by atoms with Crippen molar-refractivity contribution in [2.75, 3.05) is 5.32 Å². The molecule has 20 heavy (non-hydrogen) atoms. The van der Waals surface area contributed by atoms with Crippen LogP contribution < -0.4 is 10.6 Å². The van der Waals surface area contributed by atoms with Crippen LogP contribution >= 0.6 is 15.9 Å². The molecule has 110 valence electrons. The molecule has 1 rings (SSSR count). The Balaban J connectivity index is 2.73. The minimum atomic E-state index is -1.12. The number of nitrogens with one attached hydrogen (secondary N) is 2. The van der Waals surface area contributed by atoms with Gasteiger partial charge in [-0.25, -0.2) is 14.0 Å². The monoisotopic (exact) mass is 346 g/mol. The fraction of sp³-hybridized carbons (Fsp3) is 0.385. The largest absolute Gasteiger partial charge is 0.480 e. The Morgan fingerprint density at radius 3 is 2.60 bits per heavy atom. The number of carbonyl (C=O) groups excluding carboxylic acids is 1. The van der Waals surface area contributed by atoms with Crippen LogP contribution in [0.3, 0.4) is 0 Å². The maximum absolute atomic E-state index is 13.5. The van der Waals surface area contributed by atoms with E-state index in [0.29, 0.717) is 10.9 Å². The highest BCUT2D eigenvalue weighted by atomic mass is 79.9. The summed E-state index contributed by atoms with van der Waals surface area (Å²) in [7, 11) is 0. The van der Waals surface area contributed by atoms with E-state index in [2.05, 4.69) is 26.6 Å². The Labute approximate surface area is 124 Å². The zero-order chi connectivity index (χ0) is 15.3. The second-order valence-electron chi connectivity index (χ2n) is 4.42. The van der Waals surface area contributed by atoms with Gasteiger partial charge in [0.2, 0.25) is 0 Å². The minimum absolute atomic E-state index is 0.0148. The molecule has 0 aliphatic rings. The highest BCUT2D eigenvalue weighted by molar-refractivity contribution is 9.10. The summed E-state index contributed by atoms with van der Waals surface area (Å²) < 4.78 is 14.1. The zero-order valence-corrected chi connectivity index (χ0v) is 12.7. The van der Waals surface area contributed by atoms with Crippen molar-refractivity contribution in [2.45, 2.75) is 26.3 Å². The van der Waals surface area contributed by atoms with Gasteiger partial charge in [0.25, 0.3) is 0 Å². The Morgan fingerprint density at radius 2 is 2.10 bits per heavy atom.